The van der Waals surface area contributed by atoms with Gasteiger partial charge in [-0.1, -0.05) is 29.8 Å². The third-order valence-corrected chi connectivity index (χ3v) is 4.27. The highest BCUT2D eigenvalue weighted by atomic mass is 32.1. The van der Waals surface area contributed by atoms with Gasteiger partial charge in [0.25, 0.3) is 11.6 Å². The Labute approximate surface area is 153 Å². The molecule has 0 fully saturated rings. The highest BCUT2D eigenvalue weighted by Gasteiger charge is 2.10. The minimum Gasteiger partial charge on any atom is -0.484 e. The van der Waals surface area contributed by atoms with Crippen molar-refractivity contribution in [2.75, 3.05) is 11.9 Å². The van der Waals surface area contributed by atoms with Crippen LogP contribution in [-0.4, -0.2) is 22.4 Å². The molecule has 0 saturated carbocycles. The van der Waals surface area contributed by atoms with E-state index in [-0.39, 0.29) is 18.2 Å². The van der Waals surface area contributed by atoms with Gasteiger partial charge in [0.05, 0.1) is 10.6 Å². The van der Waals surface area contributed by atoms with Crippen LogP contribution >= 0.6 is 11.3 Å². The lowest BCUT2D eigenvalue weighted by Crippen LogP contribution is -2.20. The molecule has 1 heterocycles. The van der Waals surface area contributed by atoms with Crippen LogP contribution in [0.15, 0.2) is 53.9 Å². The first-order valence-corrected chi connectivity index (χ1v) is 8.59. The number of aromatic nitrogens is 1. The number of carbonyl (C=O) groups excluding carboxylic acids is 1. The fraction of sp³-hybridized carbons (Fsp3) is 0.111. The zero-order chi connectivity index (χ0) is 18.5. The van der Waals surface area contributed by atoms with Crippen molar-refractivity contribution >= 4 is 28.1 Å². The molecule has 0 aliphatic carbocycles. The molecule has 1 amide bonds. The molecule has 132 valence electrons. The van der Waals surface area contributed by atoms with Crippen molar-refractivity contribution in [2.45, 2.75) is 6.92 Å². The van der Waals surface area contributed by atoms with E-state index in [0.29, 0.717) is 10.9 Å². The van der Waals surface area contributed by atoms with Gasteiger partial charge in [-0.15, -0.1) is 11.3 Å². The quantitative estimate of drug-likeness (QED) is 0.523. The Hall–Kier alpha value is -3.26. The molecular weight excluding hydrogens is 354 g/mol. The summed E-state index contributed by atoms with van der Waals surface area (Å²) in [5.41, 5.74) is 2.91. The first-order chi connectivity index (χ1) is 12.5. The lowest BCUT2D eigenvalue weighted by atomic mass is 10.1. The maximum Gasteiger partial charge on any atom is 0.269 e. The summed E-state index contributed by atoms with van der Waals surface area (Å²) in [5, 5.41) is 15.6. The van der Waals surface area contributed by atoms with Crippen molar-refractivity contribution in [3.63, 3.8) is 0 Å². The summed E-state index contributed by atoms with van der Waals surface area (Å²) in [6.45, 7) is 1.80. The van der Waals surface area contributed by atoms with Gasteiger partial charge in [-0.3, -0.25) is 20.2 Å². The van der Waals surface area contributed by atoms with Crippen LogP contribution in [0.1, 0.15) is 5.56 Å². The van der Waals surface area contributed by atoms with Crippen LogP contribution in [0.4, 0.5) is 10.8 Å². The van der Waals surface area contributed by atoms with Crippen LogP contribution in [0.3, 0.4) is 0 Å². The largest absolute Gasteiger partial charge is 0.484 e. The fourth-order valence-electron chi connectivity index (χ4n) is 2.16. The molecular formula is C18H15N3O4S. The van der Waals surface area contributed by atoms with E-state index in [2.05, 4.69) is 10.3 Å². The predicted octanol–water partition coefficient (Wildman–Crippen LogP) is 4.04. The molecule has 7 nitrogen and oxygen atoms in total. The molecule has 26 heavy (non-hydrogen) atoms. The Morgan fingerprint density at radius 3 is 2.54 bits per heavy atom. The van der Waals surface area contributed by atoms with Gasteiger partial charge in [0.2, 0.25) is 0 Å². The zero-order valence-corrected chi connectivity index (χ0v) is 14.7. The van der Waals surface area contributed by atoms with Gasteiger partial charge in [-0.2, -0.15) is 0 Å². The van der Waals surface area contributed by atoms with Crippen LogP contribution in [0.25, 0.3) is 11.3 Å². The van der Waals surface area contributed by atoms with Crippen molar-refractivity contribution in [1.82, 2.24) is 4.98 Å². The van der Waals surface area contributed by atoms with E-state index in [1.54, 1.807) is 0 Å². The first-order valence-electron chi connectivity index (χ1n) is 7.71. The number of benzene rings is 2. The van der Waals surface area contributed by atoms with Gasteiger partial charge in [0.1, 0.15) is 5.75 Å². The Kier molecular flexibility index (Phi) is 5.23. The van der Waals surface area contributed by atoms with Crippen molar-refractivity contribution in [1.29, 1.82) is 0 Å². The van der Waals surface area contributed by atoms with Crippen molar-refractivity contribution in [2.24, 2.45) is 0 Å². The molecule has 0 unspecified atom stereocenters. The van der Waals surface area contributed by atoms with E-state index in [0.717, 1.165) is 11.3 Å². The fourth-order valence-corrected chi connectivity index (χ4v) is 2.89. The second kappa shape index (κ2) is 7.75. The maximum absolute atomic E-state index is 12.0. The Balaban J connectivity index is 1.55. The summed E-state index contributed by atoms with van der Waals surface area (Å²) in [6, 6.07) is 13.5. The summed E-state index contributed by atoms with van der Waals surface area (Å²) in [6.07, 6.45) is 0. The third-order valence-electron chi connectivity index (χ3n) is 3.52. The summed E-state index contributed by atoms with van der Waals surface area (Å²) in [5.74, 6) is 0.0263. The maximum atomic E-state index is 12.0. The number of ether oxygens (including phenoxy) is 1. The number of hydrogen-bond donors (Lipinski definition) is 1. The number of carbonyl (C=O) groups is 1. The van der Waals surface area contributed by atoms with E-state index in [9.17, 15) is 14.9 Å². The predicted molar refractivity (Wildman–Crippen MR) is 99.5 cm³/mol. The number of nitrogens with one attached hydrogen (secondary N) is 1. The molecule has 2 aromatic carbocycles. The Morgan fingerprint density at radius 1 is 1.19 bits per heavy atom. The third kappa shape index (κ3) is 4.42. The van der Waals surface area contributed by atoms with E-state index >= 15 is 0 Å². The van der Waals surface area contributed by atoms with Gasteiger partial charge in [-0.25, -0.2) is 4.98 Å². The van der Waals surface area contributed by atoms with Crippen LogP contribution < -0.4 is 10.1 Å². The molecule has 0 saturated heterocycles. The molecule has 3 aromatic rings. The standard InChI is InChI=1S/C18H15N3O4S/c1-12-2-4-13(5-3-12)16-11-26-18(19-16)20-17(22)10-25-15-8-6-14(7-9-15)21(23)24/h2-9,11H,10H2,1H3,(H,19,20,22). The second-order valence-corrected chi connectivity index (χ2v) is 6.35. The topological polar surface area (TPSA) is 94.4 Å². The number of aryl methyl sites for hydroxylation is 1. The number of non-ortho nitro benzene ring substituents is 1. The lowest BCUT2D eigenvalue weighted by Gasteiger charge is -2.05. The van der Waals surface area contributed by atoms with Crippen LogP contribution in [0, 0.1) is 17.0 Å². The summed E-state index contributed by atoms with van der Waals surface area (Å²) in [4.78, 5) is 26.5. The minimum absolute atomic E-state index is 0.0341. The van der Waals surface area contributed by atoms with Gasteiger partial charge in [0, 0.05) is 23.1 Å². The molecule has 1 aromatic heterocycles. The van der Waals surface area contributed by atoms with E-state index < -0.39 is 4.92 Å². The van der Waals surface area contributed by atoms with E-state index in [1.165, 1.54) is 41.2 Å². The Bertz CT molecular complexity index is 920. The molecule has 0 radical (unpaired) electrons. The smallest absolute Gasteiger partial charge is 0.269 e. The van der Waals surface area contributed by atoms with E-state index in [4.69, 9.17) is 4.74 Å². The summed E-state index contributed by atoms with van der Waals surface area (Å²) < 4.78 is 5.32. The number of rotatable bonds is 6. The minimum atomic E-state index is -0.495. The highest BCUT2D eigenvalue weighted by molar-refractivity contribution is 7.14. The highest BCUT2D eigenvalue weighted by Crippen LogP contribution is 2.25. The van der Waals surface area contributed by atoms with Crippen molar-refractivity contribution < 1.29 is 14.5 Å². The normalized spacial score (nSPS) is 10.3. The second-order valence-electron chi connectivity index (χ2n) is 5.49. The molecule has 0 bridgehead atoms. The van der Waals surface area contributed by atoms with Gasteiger partial charge >= 0.3 is 0 Å². The molecule has 8 heteroatoms. The van der Waals surface area contributed by atoms with Crippen LogP contribution in [-0.2, 0) is 4.79 Å². The van der Waals surface area contributed by atoms with Gasteiger partial charge in [0.15, 0.2) is 11.7 Å². The van der Waals surface area contributed by atoms with Crippen molar-refractivity contribution in [3.8, 4) is 17.0 Å². The summed E-state index contributed by atoms with van der Waals surface area (Å²) in [7, 11) is 0. The average Bonchev–Trinajstić information content (AvgIpc) is 3.09. The molecule has 0 aliphatic heterocycles. The number of anilines is 1. The number of hydrogen-bond acceptors (Lipinski definition) is 6. The Morgan fingerprint density at radius 2 is 1.88 bits per heavy atom. The van der Waals surface area contributed by atoms with Crippen molar-refractivity contribution in [3.05, 3.63) is 69.6 Å². The van der Waals surface area contributed by atoms with Gasteiger partial charge < -0.3 is 4.74 Å². The average molecular weight is 369 g/mol. The molecule has 0 spiro atoms. The zero-order valence-electron chi connectivity index (χ0n) is 13.8. The number of thiazole rings is 1. The molecule has 0 aliphatic rings. The van der Waals surface area contributed by atoms with E-state index in [1.807, 2.05) is 36.6 Å². The summed E-state index contributed by atoms with van der Waals surface area (Å²) >= 11 is 1.33. The monoisotopic (exact) mass is 369 g/mol. The molecule has 1 N–H and O–H groups in total. The lowest BCUT2D eigenvalue weighted by molar-refractivity contribution is -0.384. The van der Waals surface area contributed by atoms with Gasteiger partial charge in [-0.05, 0) is 19.1 Å². The van der Waals surface area contributed by atoms with Crippen LogP contribution in [0.2, 0.25) is 0 Å². The molecule has 0 atom stereocenters. The SMILES string of the molecule is Cc1ccc(-c2csc(NC(=O)COc3ccc([N+](=O)[O-])cc3)n2)cc1. The first kappa shape index (κ1) is 17.6. The number of nitro benzene ring substituents is 1. The number of nitro groups is 1. The molecule has 3 rings (SSSR count). The number of nitrogens with zero attached hydrogens (tertiary/aromatic N) is 2. The van der Waals surface area contributed by atoms with Crippen LogP contribution in [0.5, 0.6) is 5.75 Å². The number of amides is 1.